The maximum absolute atomic E-state index is 7.05. The molecule has 86 heavy (non-hydrogen) atoms. The van der Waals surface area contributed by atoms with E-state index in [1.165, 1.54) is 87.6 Å². The number of rotatable bonds is 7. The Bertz CT molecular complexity index is 5710. The van der Waals surface area contributed by atoms with Crippen LogP contribution < -0.4 is 0 Å². The van der Waals surface area contributed by atoms with Gasteiger partial charge < -0.3 is 8.83 Å². The molecule has 0 aliphatic carbocycles. The molecule has 0 unspecified atom stereocenters. The Hall–Kier alpha value is -11.3. The molecule has 398 valence electrons. The van der Waals surface area contributed by atoms with Crippen LogP contribution in [-0.2, 0) is 0 Å². The molecule has 0 bridgehead atoms. The Labute approximate surface area is 495 Å². The van der Waals surface area contributed by atoms with Gasteiger partial charge in [0.2, 0.25) is 0 Å². The number of benzene rings is 16. The second-order valence-electron chi connectivity index (χ2n) is 22.9. The first-order valence-corrected chi connectivity index (χ1v) is 29.6. The van der Waals surface area contributed by atoms with Crippen molar-refractivity contribution in [2.75, 3.05) is 0 Å². The van der Waals surface area contributed by atoms with Gasteiger partial charge in [-0.15, -0.1) is 0 Å². The molecule has 0 atom stereocenters. The Morgan fingerprint density at radius 2 is 0.593 bits per heavy atom. The van der Waals surface area contributed by atoms with Gasteiger partial charge in [0.1, 0.15) is 22.3 Å². The molecule has 2 heteroatoms. The van der Waals surface area contributed by atoms with Crippen molar-refractivity contribution in [1.82, 2.24) is 0 Å². The summed E-state index contributed by atoms with van der Waals surface area (Å²) in [5.74, 6) is 0. The van der Waals surface area contributed by atoms with Crippen molar-refractivity contribution in [3.8, 4) is 77.9 Å². The van der Waals surface area contributed by atoms with Crippen LogP contribution in [0.15, 0.2) is 312 Å². The first-order chi connectivity index (χ1) is 42.7. The standard InChI is InChI=1S/C84H50O2/c1-3-20-51(21-4-1)54-25-18-28-59(50-54)77-63-30-9-13-34-67(63)78(68-35-14-10-31-64(68)77)71-38-19-39-74-79(71)72-45-42-58-49-56(41-43-62(58)84(72)85-74)55-26-17-27-57(48-55)60-46-47-75-81(73-44-40-52-22-7-8-29-61(52)83(73)86-75)82(60)80-69-36-15-11-32-65(69)76(53-23-5-2-6-24-53)66-33-12-16-37-70(66)80/h1-50H. The fourth-order valence-corrected chi connectivity index (χ4v) is 14.5. The van der Waals surface area contributed by atoms with Crippen LogP contribution in [0.1, 0.15) is 0 Å². The van der Waals surface area contributed by atoms with Crippen molar-refractivity contribution >= 4 is 109 Å². The van der Waals surface area contributed by atoms with Gasteiger partial charge in [-0.3, -0.25) is 0 Å². The van der Waals surface area contributed by atoms with Crippen molar-refractivity contribution < 1.29 is 8.83 Å². The van der Waals surface area contributed by atoms with Gasteiger partial charge in [0.25, 0.3) is 0 Å². The molecule has 0 saturated heterocycles. The van der Waals surface area contributed by atoms with E-state index in [9.17, 15) is 0 Å². The van der Waals surface area contributed by atoms with Gasteiger partial charge in [0, 0.05) is 37.9 Å². The zero-order chi connectivity index (χ0) is 56.4. The van der Waals surface area contributed by atoms with Crippen molar-refractivity contribution in [2.24, 2.45) is 0 Å². The van der Waals surface area contributed by atoms with Gasteiger partial charge in [-0.25, -0.2) is 0 Å². The summed E-state index contributed by atoms with van der Waals surface area (Å²) in [6.07, 6.45) is 0. The van der Waals surface area contributed by atoms with Crippen LogP contribution in [0.3, 0.4) is 0 Å². The predicted molar refractivity (Wildman–Crippen MR) is 364 cm³/mol. The smallest absolute Gasteiger partial charge is 0.143 e. The molecule has 2 aromatic heterocycles. The Morgan fingerprint density at radius 1 is 0.174 bits per heavy atom. The molecule has 2 nitrogen and oxygen atoms in total. The fraction of sp³-hybridized carbons (Fsp3) is 0. The van der Waals surface area contributed by atoms with Gasteiger partial charge in [-0.05, 0) is 175 Å². The zero-order valence-corrected chi connectivity index (χ0v) is 46.7. The van der Waals surface area contributed by atoms with Crippen molar-refractivity contribution in [2.45, 2.75) is 0 Å². The molecule has 0 aliphatic heterocycles. The molecule has 2 heterocycles. The molecule has 16 aromatic carbocycles. The highest BCUT2D eigenvalue weighted by Crippen LogP contribution is 2.52. The van der Waals surface area contributed by atoms with Crippen LogP contribution >= 0.6 is 0 Å². The topological polar surface area (TPSA) is 26.3 Å². The van der Waals surface area contributed by atoms with Crippen LogP contribution in [0, 0.1) is 0 Å². The van der Waals surface area contributed by atoms with E-state index in [2.05, 4.69) is 303 Å². The van der Waals surface area contributed by atoms with Gasteiger partial charge in [0.05, 0.1) is 0 Å². The lowest BCUT2D eigenvalue weighted by Gasteiger charge is -2.20. The van der Waals surface area contributed by atoms with Crippen molar-refractivity contribution in [1.29, 1.82) is 0 Å². The van der Waals surface area contributed by atoms with E-state index < -0.39 is 0 Å². The monoisotopic (exact) mass is 1090 g/mol. The molecule has 0 fully saturated rings. The predicted octanol–water partition coefficient (Wildman–Crippen LogP) is 24.1. The average molecular weight is 1090 g/mol. The summed E-state index contributed by atoms with van der Waals surface area (Å²) in [5.41, 5.74) is 20.1. The molecule has 0 amide bonds. The third kappa shape index (κ3) is 7.33. The molecule has 18 aromatic rings. The van der Waals surface area contributed by atoms with Crippen molar-refractivity contribution in [3.63, 3.8) is 0 Å². The van der Waals surface area contributed by atoms with E-state index in [1.807, 2.05) is 0 Å². The molecule has 0 radical (unpaired) electrons. The summed E-state index contributed by atoms with van der Waals surface area (Å²) in [7, 11) is 0. The Kier molecular flexibility index (Phi) is 10.7. The minimum Gasteiger partial charge on any atom is -0.455 e. The summed E-state index contributed by atoms with van der Waals surface area (Å²) in [5, 5.41) is 18.6. The number of furan rings is 2. The van der Waals surface area contributed by atoms with E-state index in [4.69, 9.17) is 8.83 Å². The normalized spacial score (nSPS) is 12.0. The Balaban J connectivity index is 0.803. The average Bonchev–Trinajstić information content (AvgIpc) is 1.51. The summed E-state index contributed by atoms with van der Waals surface area (Å²) in [4.78, 5) is 0. The summed E-state index contributed by atoms with van der Waals surface area (Å²) in [6.45, 7) is 0. The SMILES string of the molecule is c1ccc(-c2cccc(-c3c4ccccc4c(-c4cccc5oc6c7ccc(-c8cccc(-c9ccc%10oc%11c%12ccccc%12ccc%11c%10c9-c9c%10ccccc%10c(-c%10ccccc%10)c%10ccccc9%10)c8)cc7ccc6c45)c4ccccc34)c2)cc1. The second-order valence-corrected chi connectivity index (χ2v) is 22.9. The minimum atomic E-state index is 0.866. The largest absolute Gasteiger partial charge is 0.455 e. The number of hydrogen-bond donors (Lipinski definition) is 0. The lowest BCUT2D eigenvalue weighted by molar-refractivity contribution is 0.672. The maximum atomic E-state index is 7.05. The van der Waals surface area contributed by atoms with Crippen LogP contribution in [0.2, 0.25) is 0 Å². The second kappa shape index (κ2) is 19.1. The molecule has 0 aliphatic rings. The van der Waals surface area contributed by atoms with Gasteiger partial charge in [0.15, 0.2) is 0 Å². The highest BCUT2D eigenvalue weighted by atomic mass is 16.3. The Morgan fingerprint density at radius 3 is 1.23 bits per heavy atom. The van der Waals surface area contributed by atoms with Gasteiger partial charge in [-0.2, -0.15) is 0 Å². The van der Waals surface area contributed by atoms with Crippen LogP contribution in [-0.4, -0.2) is 0 Å². The third-order valence-corrected chi connectivity index (χ3v) is 18.2. The first-order valence-electron chi connectivity index (χ1n) is 29.6. The van der Waals surface area contributed by atoms with Gasteiger partial charge in [-0.1, -0.05) is 255 Å². The van der Waals surface area contributed by atoms with E-state index in [1.54, 1.807) is 0 Å². The molecular weight excluding hydrogens is 1040 g/mol. The van der Waals surface area contributed by atoms with Crippen LogP contribution in [0.4, 0.5) is 0 Å². The van der Waals surface area contributed by atoms with E-state index in [-0.39, 0.29) is 0 Å². The third-order valence-electron chi connectivity index (χ3n) is 18.2. The van der Waals surface area contributed by atoms with E-state index in [0.717, 1.165) is 98.8 Å². The summed E-state index contributed by atoms with van der Waals surface area (Å²) < 4.78 is 14.1. The lowest BCUT2D eigenvalue weighted by atomic mass is 9.82. The highest BCUT2D eigenvalue weighted by molar-refractivity contribution is 6.30. The molecule has 0 spiro atoms. The summed E-state index contributed by atoms with van der Waals surface area (Å²) >= 11 is 0. The van der Waals surface area contributed by atoms with E-state index >= 15 is 0 Å². The molecular formula is C84H50O2. The molecule has 0 N–H and O–H groups in total. The van der Waals surface area contributed by atoms with E-state index in [0.29, 0.717) is 0 Å². The summed E-state index contributed by atoms with van der Waals surface area (Å²) in [6, 6.07) is 111. The molecule has 18 rings (SSSR count). The van der Waals surface area contributed by atoms with Gasteiger partial charge >= 0.3 is 0 Å². The minimum absolute atomic E-state index is 0.866. The maximum Gasteiger partial charge on any atom is 0.143 e. The number of hydrogen-bond acceptors (Lipinski definition) is 2. The highest BCUT2D eigenvalue weighted by Gasteiger charge is 2.26. The molecule has 0 saturated carbocycles. The fourth-order valence-electron chi connectivity index (χ4n) is 14.5. The van der Waals surface area contributed by atoms with Crippen LogP contribution in [0.5, 0.6) is 0 Å². The number of fused-ring (bicyclic) bond motifs is 14. The zero-order valence-electron chi connectivity index (χ0n) is 46.7. The van der Waals surface area contributed by atoms with Crippen molar-refractivity contribution in [3.05, 3.63) is 303 Å². The first kappa shape index (κ1) is 48.2. The quantitative estimate of drug-likeness (QED) is 0.149. The lowest BCUT2D eigenvalue weighted by Crippen LogP contribution is -1.94. The van der Waals surface area contributed by atoms with Crippen LogP contribution in [0.25, 0.3) is 186 Å².